The number of likely N-dealkylation sites (N-methyl/N-ethyl adjacent to an activating group) is 1. The lowest BCUT2D eigenvalue weighted by Crippen LogP contribution is -2.39. The maximum atomic E-state index is 12.3. The van der Waals surface area contributed by atoms with Crippen molar-refractivity contribution in [3.05, 3.63) is 125 Å². The molecular weight excluding hydrogens is 638 g/mol. The minimum Gasteiger partial charge on any atom is -0.508 e. The first-order valence-electron chi connectivity index (χ1n) is 16.8. The van der Waals surface area contributed by atoms with E-state index in [2.05, 4.69) is 5.32 Å². The number of hydrogen-bond donors (Lipinski definition) is 6. The fraction of sp³-hybridized carbons (Fsp3) is 0.333. The first-order chi connectivity index (χ1) is 24.2. The largest absolute Gasteiger partial charge is 0.508 e. The summed E-state index contributed by atoms with van der Waals surface area (Å²) in [6.45, 7) is 1.17. The lowest BCUT2D eigenvalue weighted by Gasteiger charge is -2.38. The molecule has 4 aromatic rings. The SMILES string of the molecule is CN(C[C@H]1C[C@@H](c2ccc(CO)cc2)O[C@@H](c2cccc(-c3cccc(CNC(=O)CCCC(=O)NO)c3)c2)O1)C[C@@H](O)c1cccc(O)c1. The number of nitrogens with zero attached hydrogens (tertiary/aromatic N) is 1. The number of amides is 2. The molecule has 0 bridgehead atoms. The third-order valence-corrected chi connectivity index (χ3v) is 8.71. The van der Waals surface area contributed by atoms with Gasteiger partial charge in [-0.25, -0.2) is 5.48 Å². The van der Waals surface area contributed by atoms with Gasteiger partial charge >= 0.3 is 0 Å². The Morgan fingerprint density at radius 3 is 2.32 bits per heavy atom. The molecule has 0 spiro atoms. The zero-order valence-electron chi connectivity index (χ0n) is 28.1. The van der Waals surface area contributed by atoms with Crippen LogP contribution < -0.4 is 10.8 Å². The number of carbonyl (C=O) groups excluding carboxylic acids is 2. The molecule has 50 heavy (non-hydrogen) atoms. The number of phenolic OH excluding ortho intramolecular Hbond substituents is 1. The monoisotopic (exact) mass is 683 g/mol. The van der Waals surface area contributed by atoms with Gasteiger partial charge in [0.05, 0.1) is 24.9 Å². The van der Waals surface area contributed by atoms with Gasteiger partial charge in [-0.1, -0.05) is 72.8 Å². The molecule has 264 valence electrons. The Bertz CT molecular complexity index is 1720. The van der Waals surface area contributed by atoms with Crippen LogP contribution in [0.15, 0.2) is 97.1 Å². The number of phenols is 1. The summed E-state index contributed by atoms with van der Waals surface area (Å²) >= 11 is 0. The minimum absolute atomic E-state index is 0.0433. The van der Waals surface area contributed by atoms with E-state index in [-0.39, 0.29) is 43.3 Å². The number of aliphatic hydroxyl groups is 2. The van der Waals surface area contributed by atoms with Gasteiger partial charge in [-0.15, -0.1) is 0 Å². The molecular formula is C39H45N3O8. The Kier molecular flexibility index (Phi) is 13.1. The molecule has 1 fully saturated rings. The van der Waals surface area contributed by atoms with E-state index >= 15 is 0 Å². The predicted octanol–water partition coefficient (Wildman–Crippen LogP) is 5.05. The Labute approximate surface area is 292 Å². The average molecular weight is 684 g/mol. The Morgan fingerprint density at radius 1 is 0.860 bits per heavy atom. The number of rotatable bonds is 15. The smallest absolute Gasteiger partial charge is 0.243 e. The van der Waals surface area contributed by atoms with Gasteiger partial charge in [0.25, 0.3) is 0 Å². The van der Waals surface area contributed by atoms with E-state index in [0.717, 1.165) is 33.4 Å². The van der Waals surface area contributed by atoms with Gasteiger partial charge in [-0.05, 0) is 71.1 Å². The van der Waals surface area contributed by atoms with E-state index in [1.807, 2.05) is 84.7 Å². The number of carbonyl (C=O) groups is 2. The van der Waals surface area contributed by atoms with Crippen molar-refractivity contribution >= 4 is 11.8 Å². The van der Waals surface area contributed by atoms with Gasteiger partial charge in [0.2, 0.25) is 11.8 Å². The zero-order valence-corrected chi connectivity index (χ0v) is 28.1. The van der Waals surface area contributed by atoms with E-state index in [4.69, 9.17) is 14.7 Å². The van der Waals surface area contributed by atoms with Crippen LogP contribution in [-0.4, -0.2) is 63.5 Å². The van der Waals surface area contributed by atoms with Gasteiger partial charge in [-0.3, -0.25) is 14.8 Å². The highest BCUT2D eigenvalue weighted by atomic mass is 16.7. The summed E-state index contributed by atoms with van der Waals surface area (Å²) in [6, 6.07) is 30.2. The summed E-state index contributed by atoms with van der Waals surface area (Å²) in [4.78, 5) is 25.5. The number of aliphatic hydroxyl groups excluding tert-OH is 2. The lowest BCUT2D eigenvalue weighted by molar-refractivity contribution is -0.252. The van der Waals surface area contributed by atoms with E-state index < -0.39 is 18.3 Å². The molecule has 1 aliphatic heterocycles. The predicted molar refractivity (Wildman–Crippen MR) is 186 cm³/mol. The molecule has 0 unspecified atom stereocenters. The van der Waals surface area contributed by atoms with Gasteiger partial charge in [0.1, 0.15) is 5.75 Å². The summed E-state index contributed by atoms with van der Waals surface area (Å²) in [7, 11) is 1.93. The molecule has 1 aliphatic rings. The summed E-state index contributed by atoms with van der Waals surface area (Å²) in [6.07, 6.45) is -0.787. The van der Waals surface area contributed by atoms with Crippen LogP contribution in [0.25, 0.3) is 11.1 Å². The number of ether oxygens (including phenoxy) is 2. The fourth-order valence-electron chi connectivity index (χ4n) is 6.07. The molecule has 5 rings (SSSR count). The number of hydroxylamine groups is 1. The molecule has 0 saturated carbocycles. The molecule has 4 aromatic carbocycles. The van der Waals surface area contributed by atoms with Crippen LogP contribution in [0.1, 0.15) is 72.0 Å². The molecule has 11 heteroatoms. The van der Waals surface area contributed by atoms with E-state index in [1.54, 1.807) is 29.7 Å². The van der Waals surface area contributed by atoms with Crippen molar-refractivity contribution in [3.8, 4) is 16.9 Å². The third kappa shape index (κ3) is 10.4. The average Bonchev–Trinajstić information content (AvgIpc) is 3.14. The van der Waals surface area contributed by atoms with Crippen LogP contribution in [-0.2, 0) is 32.2 Å². The summed E-state index contributed by atoms with van der Waals surface area (Å²) in [5, 5.41) is 41.8. The maximum absolute atomic E-state index is 12.3. The van der Waals surface area contributed by atoms with Crippen molar-refractivity contribution in [2.24, 2.45) is 0 Å². The second kappa shape index (κ2) is 17.9. The molecule has 0 aliphatic carbocycles. The molecule has 11 nitrogen and oxygen atoms in total. The molecule has 1 heterocycles. The second-order valence-corrected chi connectivity index (χ2v) is 12.7. The van der Waals surface area contributed by atoms with Gasteiger partial charge in [0, 0.05) is 44.5 Å². The first-order valence-corrected chi connectivity index (χ1v) is 16.8. The third-order valence-electron chi connectivity index (χ3n) is 8.71. The van der Waals surface area contributed by atoms with Crippen LogP contribution in [0.5, 0.6) is 5.75 Å². The standard InChI is InChI=1S/C39H45N3O8/c1-42(24-35(45)31-9-4-11-33(44)20-31)23-34-21-36(28-16-14-26(25-43)15-17-28)50-39(49-34)32-10-3-8-30(19-32)29-7-2-6-27(18-29)22-40-37(46)12-5-13-38(47)41-48/h2-4,6-11,14-20,34-36,39,43-45,48H,5,12-13,21-25H2,1H3,(H,40,46)(H,41,47)/t34-,35-,36+,39+/m1/s1. The topological polar surface area (TPSA) is 161 Å². The maximum Gasteiger partial charge on any atom is 0.243 e. The van der Waals surface area contributed by atoms with Crippen LogP contribution in [0, 0.1) is 0 Å². The van der Waals surface area contributed by atoms with E-state index in [9.17, 15) is 24.9 Å². The number of aromatic hydroxyl groups is 1. The lowest BCUT2D eigenvalue weighted by atomic mass is 9.98. The Hall–Kier alpha value is -4.62. The number of nitrogens with one attached hydrogen (secondary N) is 2. The van der Waals surface area contributed by atoms with Crippen molar-refractivity contribution in [2.75, 3.05) is 20.1 Å². The van der Waals surface area contributed by atoms with Crippen LogP contribution in [0.4, 0.5) is 0 Å². The molecule has 1 saturated heterocycles. The van der Waals surface area contributed by atoms with E-state index in [0.29, 0.717) is 38.0 Å². The summed E-state index contributed by atoms with van der Waals surface area (Å²) in [5.74, 6) is -0.591. The van der Waals surface area contributed by atoms with E-state index in [1.165, 1.54) is 0 Å². The number of benzene rings is 4. The van der Waals surface area contributed by atoms with Crippen LogP contribution in [0.2, 0.25) is 0 Å². The van der Waals surface area contributed by atoms with Crippen molar-refractivity contribution < 1.29 is 39.6 Å². The molecule has 0 aromatic heterocycles. The molecule has 6 N–H and O–H groups in total. The quantitative estimate of drug-likeness (QED) is 0.0744. The van der Waals surface area contributed by atoms with Crippen LogP contribution >= 0.6 is 0 Å². The highest BCUT2D eigenvalue weighted by Crippen LogP contribution is 2.39. The highest BCUT2D eigenvalue weighted by molar-refractivity contribution is 5.78. The van der Waals surface area contributed by atoms with Gasteiger partial charge in [-0.2, -0.15) is 0 Å². The van der Waals surface area contributed by atoms with Crippen LogP contribution in [0.3, 0.4) is 0 Å². The first kappa shape index (κ1) is 36.7. The van der Waals surface area contributed by atoms with Crippen molar-refractivity contribution in [2.45, 2.75) is 63.4 Å². The van der Waals surface area contributed by atoms with Gasteiger partial charge < -0.3 is 35.0 Å². The summed E-state index contributed by atoms with van der Waals surface area (Å²) in [5.41, 5.74) is 7.68. The van der Waals surface area contributed by atoms with Crippen molar-refractivity contribution in [1.82, 2.24) is 15.7 Å². The Balaban J connectivity index is 1.29. The second-order valence-electron chi connectivity index (χ2n) is 12.7. The molecule has 2 amide bonds. The van der Waals surface area contributed by atoms with Crippen molar-refractivity contribution in [1.29, 1.82) is 0 Å². The van der Waals surface area contributed by atoms with Crippen molar-refractivity contribution in [3.63, 3.8) is 0 Å². The zero-order chi connectivity index (χ0) is 35.5. The van der Waals surface area contributed by atoms with Gasteiger partial charge in [0.15, 0.2) is 6.29 Å². The fourth-order valence-corrected chi connectivity index (χ4v) is 6.07. The number of hydrogen-bond acceptors (Lipinski definition) is 9. The Morgan fingerprint density at radius 2 is 1.58 bits per heavy atom. The molecule has 4 atom stereocenters. The minimum atomic E-state index is -0.787. The normalized spacial score (nSPS) is 18.1. The highest BCUT2D eigenvalue weighted by Gasteiger charge is 2.33. The summed E-state index contributed by atoms with van der Waals surface area (Å²) < 4.78 is 13.1. The molecule has 0 radical (unpaired) electrons.